The number of hydrogen-bond donors (Lipinski definition) is 3. The highest BCUT2D eigenvalue weighted by atomic mass is 16.7. The van der Waals surface area contributed by atoms with Crippen molar-refractivity contribution in [3.63, 3.8) is 0 Å². The summed E-state index contributed by atoms with van der Waals surface area (Å²) in [5.74, 6) is -0.748. The molecule has 0 aliphatic carbocycles. The predicted molar refractivity (Wildman–Crippen MR) is 77.2 cm³/mol. The van der Waals surface area contributed by atoms with Crippen LogP contribution in [0.4, 0.5) is 0 Å². The van der Waals surface area contributed by atoms with Crippen LogP contribution in [0.25, 0.3) is 0 Å². The normalized spacial score (nSPS) is 38.3. The maximum absolute atomic E-state index is 12.3. The van der Waals surface area contributed by atoms with Crippen molar-refractivity contribution < 1.29 is 29.7 Å². The van der Waals surface area contributed by atoms with E-state index in [2.05, 4.69) is 6.92 Å². The summed E-state index contributed by atoms with van der Waals surface area (Å²) in [5.41, 5.74) is -3.56. The third-order valence-electron chi connectivity index (χ3n) is 4.48. The summed E-state index contributed by atoms with van der Waals surface area (Å²) < 4.78 is 5.74. The molecule has 0 saturated carbocycles. The molecule has 1 unspecified atom stereocenters. The van der Waals surface area contributed by atoms with E-state index in [1.807, 2.05) is 0 Å². The van der Waals surface area contributed by atoms with Crippen LogP contribution in [0.1, 0.15) is 46.5 Å². The highest BCUT2D eigenvalue weighted by Crippen LogP contribution is 2.44. The molecule has 0 fully saturated rings. The second-order valence-electron chi connectivity index (χ2n) is 6.28. The topological polar surface area (TPSA) is 99.5 Å². The average Bonchev–Trinajstić information content (AvgIpc) is 2.62. The van der Waals surface area contributed by atoms with Crippen molar-refractivity contribution in [2.45, 2.75) is 70.0 Å². The van der Waals surface area contributed by atoms with Gasteiger partial charge in [0.15, 0.2) is 5.76 Å². The molecule has 0 radical (unpaired) electrons. The molecule has 2 aliphatic heterocycles. The second kappa shape index (κ2) is 5.81. The number of carbonyl (C=O) groups is 1. The lowest BCUT2D eigenvalue weighted by atomic mass is 9.82. The Morgan fingerprint density at radius 1 is 1.32 bits per heavy atom. The van der Waals surface area contributed by atoms with Crippen molar-refractivity contribution in [2.75, 3.05) is 7.11 Å². The minimum atomic E-state index is -1.80. The van der Waals surface area contributed by atoms with Gasteiger partial charge in [0.1, 0.15) is 17.8 Å². The molecule has 2 heterocycles. The van der Waals surface area contributed by atoms with Gasteiger partial charge in [0.05, 0.1) is 12.7 Å². The number of unbranched alkanes of at least 4 members (excludes halogenated alkanes) is 2. The molecule has 3 N–H and O–H groups in total. The molecule has 7 heteroatoms. The van der Waals surface area contributed by atoms with Gasteiger partial charge in [-0.15, -0.1) is 0 Å². The van der Waals surface area contributed by atoms with E-state index in [1.165, 1.54) is 21.0 Å². The standard InChI is InChI=1S/C15H25NO6/c1-5-6-7-8-9-14(2,19)11(17)10-12(22-9)15(3,20)16(21-4)13(10)18/h9,11,17,19-20H,5-8H2,1-4H3/t9-,11-,14+,15?/m1/s1. The number of ether oxygens (including phenoxy) is 1. The van der Waals surface area contributed by atoms with Gasteiger partial charge in [0.2, 0.25) is 5.72 Å². The second-order valence-corrected chi connectivity index (χ2v) is 6.28. The van der Waals surface area contributed by atoms with Crippen LogP contribution >= 0.6 is 0 Å². The van der Waals surface area contributed by atoms with Gasteiger partial charge in [0.25, 0.3) is 5.91 Å². The van der Waals surface area contributed by atoms with E-state index < -0.39 is 29.4 Å². The third-order valence-corrected chi connectivity index (χ3v) is 4.48. The zero-order valence-corrected chi connectivity index (χ0v) is 13.5. The Morgan fingerprint density at radius 2 is 1.95 bits per heavy atom. The Bertz CT molecular complexity index is 484. The molecule has 0 bridgehead atoms. The van der Waals surface area contributed by atoms with E-state index in [1.54, 1.807) is 0 Å². The quantitative estimate of drug-likeness (QED) is 0.637. The van der Waals surface area contributed by atoms with Crippen LogP contribution in [-0.4, -0.2) is 56.9 Å². The lowest BCUT2D eigenvalue weighted by molar-refractivity contribution is -0.249. The predicted octanol–water partition coefficient (Wildman–Crippen LogP) is 0.444. The summed E-state index contributed by atoms with van der Waals surface area (Å²) in [5, 5.41) is 32.3. The summed E-state index contributed by atoms with van der Waals surface area (Å²) in [6.07, 6.45) is 1.17. The Hall–Kier alpha value is -1.15. The van der Waals surface area contributed by atoms with E-state index in [0.29, 0.717) is 6.42 Å². The molecular weight excluding hydrogens is 290 g/mol. The minimum absolute atomic E-state index is 0.0418. The molecule has 0 saturated heterocycles. The fraction of sp³-hybridized carbons (Fsp3) is 0.800. The molecule has 2 aliphatic rings. The molecule has 22 heavy (non-hydrogen) atoms. The highest BCUT2D eigenvalue weighted by molar-refractivity contribution is 5.98. The lowest BCUT2D eigenvalue weighted by Gasteiger charge is -2.42. The van der Waals surface area contributed by atoms with Gasteiger partial charge in [-0.05, 0) is 26.7 Å². The first-order valence-electron chi connectivity index (χ1n) is 7.62. The molecule has 1 amide bonds. The summed E-state index contributed by atoms with van der Waals surface area (Å²) >= 11 is 0. The Kier molecular flexibility index (Phi) is 4.54. The van der Waals surface area contributed by atoms with Gasteiger partial charge < -0.3 is 20.1 Å². The van der Waals surface area contributed by atoms with Crippen molar-refractivity contribution in [1.82, 2.24) is 5.06 Å². The van der Waals surface area contributed by atoms with Gasteiger partial charge in [-0.1, -0.05) is 19.8 Å². The van der Waals surface area contributed by atoms with Gasteiger partial charge in [0, 0.05) is 0 Å². The average molecular weight is 315 g/mol. The first kappa shape index (κ1) is 17.2. The number of hydrogen-bond acceptors (Lipinski definition) is 6. The first-order valence-corrected chi connectivity index (χ1v) is 7.62. The van der Waals surface area contributed by atoms with Crippen LogP contribution in [0.5, 0.6) is 0 Å². The van der Waals surface area contributed by atoms with Gasteiger partial charge in [-0.2, -0.15) is 5.06 Å². The van der Waals surface area contributed by atoms with Crippen LogP contribution in [0, 0.1) is 0 Å². The molecule has 7 nitrogen and oxygen atoms in total. The van der Waals surface area contributed by atoms with Crippen LogP contribution in [-0.2, 0) is 14.4 Å². The largest absolute Gasteiger partial charge is 0.486 e. The summed E-state index contributed by atoms with van der Waals surface area (Å²) in [4.78, 5) is 17.2. The van der Waals surface area contributed by atoms with E-state index >= 15 is 0 Å². The maximum atomic E-state index is 12.3. The number of hydroxylamine groups is 2. The molecular formula is C15H25NO6. The fourth-order valence-corrected chi connectivity index (χ4v) is 3.09. The summed E-state index contributed by atoms with van der Waals surface area (Å²) in [7, 11) is 1.24. The first-order chi connectivity index (χ1) is 10.2. The van der Waals surface area contributed by atoms with Gasteiger partial charge in [-0.25, -0.2) is 0 Å². The zero-order valence-electron chi connectivity index (χ0n) is 13.5. The Labute approximate surface area is 130 Å². The van der Waals surface area contributed by atoms with Crippen molar-refractivity contribution >= 4 is 5.91 Å². The molecule has 0 aromatic carbocycles. The summed E-state index contributed by atoms with van der Waals surface area (Å²) in [6.45, 7) is 4.86. The smallest absolute Gasteiger partial charge is 0.282 e. The van der Waals surface area contributed by atoms with Crippen molar-refractivity contribution in [3.05, 3.63) is 11.3 Å². The van der Waals surface area contributed by atoms with E-state index in [4.69, 9.17) is 9.57 Å². The molecule has 0 aromatic heterocycles. The molecule has 2 rings (SSSR count). The fourth-order valence-electron chi connectivity index (χ4n) is 3.09. The number of amides is 1. The number of aliphatic hydroxyl groups is 3. The van der Waals surface area contributed by atoms with Crippen molar-refractivity contribution in [2.24, 2.45) is 0 Å². The Morgan fingerprint density at radius 3 is 2.50 bits per heavy atom. The van der Waals surface area contributed by atoms with Gasteiger partial charge in [-0.3, -0.25) is 9.63 Å². The third kappa shape index (κ3) is 2.42. The van der Waals surface area contributed by atoms with E-state index in [9.17, 15) is 20.1 Å². The van der Waals surface area contributed by atoms with E-state index in [-0.39, 0.29) is 11.3 Å². The minimum Gasteiger partial charge on any atom is -0.486 e. The molecule has 0 spiro atoms. The Balaban J connectivity index is 2.35. The zero-order chi connectivity index (χ0) is 16.7. The summed E-state index contributed by atoms with van der Waals surface area (Å²) in [6, 6.07) is 0. The number of aliphatic hydroxyl groups excluding tert-OH is 1. The SMILES string of the molecule is CCCCC[C@H]1OC2=C(C(=O)N(OC)C2(C)O)[C@@H](O)[C@@]1(C)O. The van der Waals surface area contributed by atoms with E-state index in [0.717, 1.165) is 24.3 Å². The van der Waals surface area contributed by atoms with Crippen molar-refractivity contribution in [3.8, 4) is 0 Å². The highest BCUT2D eigenvalue weighted by Gasteiger charge is 2.60. The monoisotopic (exact) mass is 315 g/mol. The van der Waals surface area contributed by atoms with Crippen LogP contribution in [0.3, 0.4) is 0 Å². The maximum Gasteiger partial charge on any atom is 0.282 e. The molecule has 126 valence electrons. The van der Waals surface area contributed by atoms with Crippen LogP contribution < -0.4 is 0 Å². The van der Waals surface area contributed by atoms with Gasteiger partial charge >= 0.3 is 0 Å². The number of nitrogens with zero attached hydrogens (tertiary/aromatic N) is 1. The van der Waals surface area contributed by atoms with Crippen LogP contribution in [0.2, 0.25) is 0 Å². The van der Waals surface area contributed by atoms with Crippen LogP contribution in [0.15, 0.2) is 11.3 Å². The van der Waals surface area contributed by atoms with Crippen molar-refractivity contribution in [1.29, 1.82) is 0 Å². The number of rotatable bonds is 5. The number of carbonyl (C=O) groups excluding carboxylic acids is 1. The molecule has 0 aromatic rings. The molecule has 4 atom stereocenters. The lowest BCUT2D eigenvalue weighted by Crippen LogP contribution is -2.55.